The Morgan fingerprint density at radius 1 is 1.25 bits per heavy atom. The third-order valence-corrected chi connectivity index (χ3v) is 5.97. The molecule has 1 aliphatic carbocycles. The van der Waals surface area contributed by atoms with Crippen LogP contribution < -0.4 is 10.8 Å². The highest BCUT2D eigenvalue weighted by atomic mass is 31.2. The Kier molecular flexibility index (Phi) is 5.06. The van der Waals surface area contributed by atoms with Crippen molar-refractivity contribution in [3.63, 3.8) is 0 Å². The zero-order valence-corrected chi connectivity index (χ0v) is 13.6. The average Bonchev–Trinajstić information content (AvgIpc) is 2.39. The highest BCUT2D eigenvalue weighted by Crippen LogP contribution is 2.45. The number of nitrogens with two attached hydrogens (primary N) is 1. The lowest BCUT2D eigenvalue weighted by Gasteiger charge is -2.38. The highest BCUT2D eigenvalue weighted by molar-refractivity contribution is 7.64. The first-order valence-corrected chi connectivity index (χ1v) is 9.22. The van der Waals surface area contributed by atoms with Crippen molar-refractivity contribution in [2.75, 3.05) is 0 Å². The average molecular weight is 295 g/mol. The topological polar surface area (TPSA) is 52.3 Å². The van der Waals surface area contributed by atoms with Crippen molar-refractivity contribution in [1.82, 2.24) is 0 Å². The van der Waals surface area contributed by atoms with Crippen LogP contribution in [0.2, 0.25) is 0 Å². The zero-order valence-electron chi connectivity index (χ0n) is 12.7. The third-order valence-electron chi connectivity index (χ3n) is 4.37. The molecule has 0 bridgehead atoms. The van der Waals surface area contributed by atoms with Crippen molar-refractivity contribution in [2.24, 2.45) is 23.3 Å². The lowest BCUT2D eigenvalue weighted by molar-refractivity contribution is 0.0498. The van der Waals surface area contributed by atoms with Crippen LogP contribution in [0.15, 0.2) is 30.3 Å². The van der Waals surface area contributed by atoms with Gasteiger partial charge < -0.3 is 4.52 Å². The summed E-state index contributed by atoms with van der Waals surface area (Å²) in [5.41, 5.74) is 6.01. The number of rotatable bonds is 4. The minimum Gasteiger partial charge on any atom is -0.311 e. The van der Waals surface area contributed by atoms with Crippen LogP contribution in [-0.2, 0) is 9.09 Å². The molecule has 112 valence electrons. The summed E-state index contributed by atoms with van der Waals surface area (Å²) in [6.45, 7) is 6.65. The minimum atomic E-state index is -3.22. The second-order valence-corrected chi connectivity index (χ2v) is 8.32. The van der Waals surface area contributed by atoms with E-state index < -0.39 is 7.52 Å². The van der Waals surface area contributed by atoms with Crippen LogP contribution in [0.1, 0.15) is 40.0 Å². The summed E-state index contributed by atoms with van der Waals surface area (Å²) < 4.78 is 18.7. The molecule has 20 heavy (non-hydrogen) atoms. The molecule has 1 aromatic carbocycles. The van der Waals surface area contributed by atoms with Gasteiger partial charge in [-0.05, 0) is 42.7 Å². The molecule has 0 aliphatic heterocycles. The first-order valence-electron chi connectivity index (χ1n) is 7.53. The van der Waals surface area contributed by atoms with Gasteiger partial charge in [0, 0.05) is 0 Å². The maximum Gasteiger partial charge on any atom is 0.297 e. The van der Waals surface area contributed by atoms with Crippen molar-refractivity contribution in [3.05, 3.63) is 30.3 Å². The van der Waals surface area contributed by atoms with Crippen molar-refractivity contribution >= 4 is 12.8 Å². The SMILES string of the molecule is CC(C)[C@H]1CC[C@@H](C)C[C@H]1O[P@@](N)(=O)c1ccccc1. The first-order chi connectivity index (χ1) is 9.40. The third kappa shape index (κ3) is 3.72. The van der Waals surface area contributed by atoms with Crippen LogP contribution in [0.4, 0.5) is 0 Å². The predicted octanol–water partition coefficient (Wildman–Crippen LogP) is 3.94. The molecule has 1 aliphatic rings. The van der Waals surface area contributed by atoms with Gasteiger partial charge in [-0.25, -0.2) is 0 Å². The van der Waals surface area contributed by atoms with E-state index in [4.69, 9.17) is 10.0 Å². The monoisotopic (exact) mass is 295 g/mol. The fourth-order valence-electron chi connectivity index (χ4n) is 3.13. The molecule has 4 heteroatoms. The minimum absolute atomic E-state index is 0.00906. The van der Waals surface area contributed by atoms with Gasteiger partial charge in [-0.1, -0.05) is 45.4 Å². The summed E-state index contributed by atoms with van der Waals surface area (Å²) in [4.78, 5) is 0. The Morgan fingerprint density at radius 3 is 2.50 bits per heavy atom. The van der Waals surface area contributed by atoms with Crippen LogP contribution in [0, 0.1) is 17.8 Å². The van der Waals surface area contributed by atoms with Crippen molar-refractivity contribution in [3.8, 4) is 0 Å². The lowest BCUT2D eigenvalue weighted by atomic mass is 9.75. The molecule has 4 atom stereocenters. The largest absolute Gasteiger partial charge is 0.311 e. The Bertz CT molecular complexity index is 475. The normalized spacial score (nSPS) is 30.1. The molecule has 2 N–H and O–H groups in total. The molecule has 1 aromatic rings. The second kappa shape index (κ2) is 6.43. The quantitative estimate of drug-likeness (QED) is 0.856. The molecule has 0 amide bonds. The molecular weight excluding hydrogens is 269 g/mol. The Labute approximate surface area is 122 Å². The van der Waals surface area contributed by atoms with Gasteiger partial charge in [0.05, 0.1) is 11.4 Å². The summed E-state index contributed by atoms with van der Waals surface area (Å²) in [7, 11) is -3.22. The highest BCUT2D eigenvalue weighted by Gasteiger charge is 2.36. The molecular formula is C16H26NO2P. The fourth-order valence-corrected chi connectivity index (χ4v) is 4.49. The van der Waals surface area contributed by atoms with E-state index in [0.717, 1.165) is 12.8 Å². The summed E-state index contributed by atoms with van der Waals surface area (Å²) in [6.07, 6.45) is 3.33. The predicted molar refractivity (Wildman–Crippen MR) is 84.1 cm³/mol. The van der Waals surface area contributed by atoms with Gasteiger partial charge >= 0.3 is 0 Å². The van der Waals surface area contributed by atoms with E-state index in [2.05, 4.69) is 20.8 Å². The van der Waals surface area contributed by atoms with E-state index in [0.29, 0.717) is 23.1 Å². The molecule has 3 nitrogen and oxygen atoms in total. The van der Waals surface area contributed by atoms with E-state index in [-0.39, 0.29) is 6.10 Å². The summed E-state index contributed by atoms with van der Waals surface area (Å²) >= 11 is 0. The summed E-state index contributed by atoms with van der Waals surface area (Å²) in [6, 6.07) is 9.17. The van der Waals surface area contributed by atoms with Gasteiger partial charge in [0.25, 0.3) is 7.52 Å². The van der Waals surface area contributed by atoms with E-state index in [1.807, 2.05) is 18.2 Å². The maximum atomic E-state index is 12.7. The van der Waals surface area contributed by atoms with E-state index in [1.54, 1.807) is 12.1 Å². The molecule has 1 fully saturated rings. The number of hydrogen-bond donors (Lipinski definition) is 1. The van der Waals surface area contributed by atoms with Gasteiger partial charge in [0.15, 0.2) is 0 Å². The molecule has 0 spiro atoms. The lowest BCUT2D eigenvalue weighted by Crippen LogP contribution is -2.35. The maximum absolute atomic E-state index is 12.7. The van der Waals surface area contributed by atoms with Crippen LogP contribution >= 0.6 is 7.52 Å². The van der Waals surface area contributed by atoms with Crippen LogP contribution in [-0.4, -0.2) is 6.10 Å². The zero-order chi connectivity index (χ0) is 14.8. The van der Waals surface area contributed by atoms with Gasteiger partial charge in [-0.2, -0.15) is 0 Å². The molecule has 1 saturated carbocycles. The Hall–Kier alpha value is -0.630. The fraction of sp³-hybridized carbons (Fsp3) is 0.625. The van der Waals surface area contributed by atoms with Gasteiger partial charge in [-0.3, -0.25) is 10.1 Å². The van der Waals surface area contributed by atoms with Crippen molar-refractivity contribution < 1.29 is 9.09 Å². The van der Waals surface area contributed by atoms with Crippen LogP contribution in [0.25, 0.3) is 0 Å². The number of benzene rings is 1. The smallest absolute Gasteiger partial charge is 0.297 e. The summed E-state index contributed by atoms with van der Waals surface area (Å²) in [5, 5.41) is 0.612. The molecule has 0 radical (unpaired) electrons. The summed E-state index contributed by atoms with van der Waals surface area (Å²) in [5.74, 6) is 1.60. The van der Waals surface area contributed by atoms with E-state index >= 15 is 0 Å². The van der Waals surface area contributed by atoms with Crippen LogP contribution in [0.5, 0.6) is 0 Å². The standard InChI is InChI=1S/C16H26NO2P/c1-12(2)15-10-9-13(3)11-16(15)19-20(17,18)14-7-5-4-6-8-14/h4-8,12-13,15-16H,9-11H2,1-3H3,(H2,17,18)/t13-,15-,16-,20+/m1/s1. The van der Waals surface area contributed by atoms with E-state index in [1.165, 1.54) is 6.42 Å². The van der Waals surface area contributed by atoms with Gasteiger partial charge in [0.1, 0.15) is 0 Å². The van der Waals surface area contributed by atoms with Gasteiger partial charge in [0.2, 0.25) is 0 Å². The first kappa shape index (κ1) is 15.8. The molecule has 0 saturated heterocycles. The van der Waals surface area contributed by atoms with E-state index in [9.17, 15) is 4.57 Å². The molecule has 2 rings (SSSR count). The van der Waals surface area contributed by atoms with Gasteiger partial charge in [-0.15, -0.1) is 0 Å². The molecule has 0 unspecified atom stereocenters. The second-order valence-electron chi connectivity index (χ2n) is 6.40. The number of hydrogen-bond acceptors (Lipinski definition) is 2. The van der Waals surface area contributed by atoms with Crippen molar-refractivity contribution in [1.29, 1.82) is 0 Å². The molecule has 0 heterocycles. The Morgan fingerprint density at radius 2 is 1.90 bits per heavy atom. The Balaban J connectivity index is 2.15. The van der Waals surface area contributed by atoms with Crippen LogP contribution in [0.3, 0.4) is 0 Å². The van der Waals surface area contributed by atoms with Crippen molar-refractivity contribution in [2.45, 2.75) is 46.1 Å². The molecule has 0 aromatic heterocycles.